The van der Waals surface area contributed by atoms with Gasteiger partial charge >= 0.3 is 0 Å². The minimum Gasteiger partial charge on any atom is -0.454 e. The van der Waals surface area contributed by atoms with Gasteiger partial charge < -0.3 is 14.5 Å². The molecule has 0 saturated heterocycles. The lowest BCUT2D eigenvalue weighted by Crippen LogP contribution is -2.36. The molecule has 0 saturated carbocycles. The van der Waals surface area contributed by atoms with Crippen LogP contribution in [0.25, 0.3) is 0 Å². The number of pyridine rings is 1. The van der Waals surface area contributed by atoms with Crippen molar-refractivity contribution in [2.75, 3.05) is 13.3 Å². The highest BCUT2D eigenvalue weighted by Gasteiger charge is 2.32. The third-order valence-corrected chi connectivity index (χ3v) is 5.52. The molecule has 0 amide bonds. The number of aryl methyl sites for hydroxylation is 1. The highest BCUT2D eigenvalue weighted by molar-refractivity contribution is 6.29. The zero-order valence-corrected chi connectivity index (χ0v) is 15.7. The summed E-state index contributed by atoms with van der Waals surface area (Å²) in [6.45, 7) is 4.12. The van der Waals surface area contributed by atoms with E-state index in [1.807, 2.05) is 18.3 Å². The summed E-state index contributed by atoms with van der Waals surface area (Å²) < 4.78 is 11.1. The molecule has 138 valence electrons. The highest BCUT2D eigenvalue weighted by Crippen LogP contribution is 2.38. The first kappa shape index (κ1) is 16.6. The van der Waals surface area contributed by atoms with Gasteiger partial charge in [0.25, 0.3) is 0 Å². The Morgan fingerprint density at radius 2 is 2.07 bits per heavy atom. The first-order valence-corrected chi connectivity index (χ1v) is 9.33. The monoisotopic (exact) mass is 382 g/mol. The summed E-state index contributed by atoms with van der Waals surface area (Å²) in [5.41, 5.74) is 5.76. The van der Waals surface area contributed by atoms with Gasteiger partial charge in [0.05, 0.1) is 18.1 Å². The van der Waals surface area contributed by atoms with Gasteiger partial charge in [0, 0.05) is 31.4 Å². The van der Waals surface area contributed by atoms with Crippen molar-refractivity contribution in [2.45, 2.75) is 25.9 Å². The molecule has 0 bridgehead atoms. The Morgan fingerprint density at radius 1 is 1.22 bits per heavy atom. The molecule has 7 heteroatoms. The van der Waals surface area contributed by atoms with E-state index in [4.69, 9.17) is 21.1 Å². The maximum Gasteiger partial charge on any atom is 0.231 e. The van der Waals surface area contributed by atoms with Crippen molar-refractivity contribution < 1.29 is 9.47 Å². The van der Waals surface area contributed by atoms with E-state index in [0.29, 0.717) is 5.15 Å². The Morgan fingerprint density at radius 3 is 2.89 bits per heavy atom. The second-order valence-electron chi connectivity index (χ2n) is 6.94. The molecule has 3 aromatic rings. The summed E-state index contributed by atoms with van der Waals surface area (Å²) >= 11 is 6.00. The maximum absolute atomic E-state index is 6.00. The zero-order chi connectivity index (χ0) is 18.4. The van der Waals surface area contributed by atoms with Gasteiger partial charge in [-0.3, -0.25) is 4.90 Å². The molecule has 0 radical (unpaired) electrons. The lowest BCUT2D eigenvalue weighted by molar-refractivity contribution is 0.173. The summed E-state index contributed by atoms with van der Waals surface area (Å²) in [7, 11) is 0. The Labute approximate surface area is 162 Å². The molecular formula is C20H19ClN4O2. The third-order valence-electron chi connectivity index (χ3n) is 5.30. The number of rotatable bonds is 3. The van der Waals surface area contributed by atoms with Crippen molar-refractivity contribution in [1.82, 2.24) is 19.9 Å². The summed E-state index contributed by atoms with van der Waals surface area (Å²) in [6, 6.07) is 8.05. The number of fused-ring (bicyclic) bond motifs is 2. The van der Waals surface area contributed by atoms with Crippen molar-refractivity contribution in [3.63, 3.8) is 0 Å². The van der Waals surface area contributed by atoms with Crippen molar-refractivity contribution in [3.05, 3.63) is 70.0 Å². The average Bonchev–Trinajstić information content (AvgIpc) is 3.31. The summed E-state index contributed by atoms with van der Waals surface area (Å²) in [5.74, 6) is 1.64. The number of H-pyrrole nitrogens is 1. The van der Waals surface area contributed by atoms with Crippen LogP contribution in [0.15, 0.2) is 36.8 Å². The molecule has 5 rings (SSSR count). The van der Waals surface area contributed by atoms with E-state index < -0.39 is 0 Å². The van der Waals surface area contributed by atoms with Gasteiger partial charge in [-0.15, -0.1) is 0 Å². The fraction of sp³-hybridized carbons (Fsp3) is 0.300. The quantitative estimate of drug-likeness (QED) is 0.700. The SMILES string of the molecule is Cc1cc2c(cc1CN1CCc3[nH]cnc3[C@@H]1c1ccc(Cl)nc1)OCO2. The molecule has 2 aromatic heterocycles. The molecule has 1 N–H and O–H groups in total. The highest BCUT2D eigenvalue weighted by atomic mass is 35.5. The molecule has 0 aliphatic carbocycles. The van der Waals surface area contributed by atoms with Gasteiger partial charge in [0.2, 0.25) is 6.79 Å². The number of aromatic amines is 1. The summed E-state index contributed by atoms with van der Waals surface area (Å²) in [4.78, 5) is 14.6. The van der Waals surface area contributed by atoms with Crippen LogP contribution in [0.1, 0.15) is 34.1 Å². The minimum absolute atomic E-state index is 0.0367. The number of ether oxygens (including phenoxy) is 2. The molecule has 0 unspecified atom stereocenters. The predicted molar refractivity (Wildman–Crippen MR) is 101 cm³/mol. The molecule has 0 spiro atoms. The van der Waals surface area contributed by atoms with Crippen LogP contribution in [0.4, 0.5) is 0 Å². The Bertz CT molecular complexity index is 986. The molecule has 1 atom stereocenters. The molecule has 4 heterocycles. The summed E-state index contributed by atoms with van der Waals surface area (Å²) in [6.07, 6.45) is 4.56. The van der Waals surface area contributed by atoms with E-state index in [1.165, 1.54) is 16.8 Å². The number of halogens is 1. The molecule has 2 aliphatic heterocycles. The molecule has 0 fully saturated rings. The lowest BCUT2D eigenvalue weighted by atomic mass is 9.95. The molecular weight excluding hydrogens is 364 g/mol. The number of benzene rings is 1. The Balaban J connectivity index is 1.52. The van der Waals surface area contributed by atoms with E-state index in [9.17, 15) is 0 Å². The van der Waals surface area contributed by atoms with Crippen LogP contribution in [-0.4, -0.2) is 33.2 Å². The largest absolute Gasteiger partial charge is 0.454 e. The fourth-order valence-corrected chi connectivity index (χ4v) is 4.00. The molecule has 27 heavy (non-hydrogen) atoms. The number of hydrogen-bond donors (Lipinski definition) is 1. The van der Waals surface area contributed by atoms with E-state index in [2.05, 4.69) is 38.9 Å². The maximum atomic E-state index is 6.00. The van der Waals surface area contributed by atoms with Gasteiger partial charge in [-0.05, 0) is 41.8 Å². The first-order chi connectivity index (χ1) is 13.2. The second-order valence-corrected chi connectivity index (χ2v) is 7.32. The summed E-state index contributed by atoms with van der Waals surface area (Å²) in [5, 5.41) is 0.495. The average molecular weight is 383 g/mol. The molecule has 2 aliphatic rings. The van der Waals surface area contributed by atoms with Crippen LogP contribution >= 0.6 is 11.6 Å². The number of imidazole rings is 1. The number of nitrogens with zero attached hydrogens (tertiary/aromatic N) is 3. The Kier molecular flexibility index (Phi) is 4.02. The van der Waals surface area contributed by atoms with E-state index in [1.54, 1.807) is 6.33 Å². The van der Waals surface area contributed by atoms with Crippen molar-refractivity contribution in [1.29, 1.82) is 0 Å². The number of nitrogens with one attached hydrogen (secondary N) is 1. The van der Waals surface area contributed by atoms with Gasteiger partial charge in [-0.2, -0.15) is 0 Å². The lowest BCUT2D eigenvalue weighted by Gasteiger charge is -2.35. The number of aromatic nitrogens is 3. The van der Waals surface area contributed by atoms with Crippen molar-refractivity contribution >= 4 is 11.6 Å². The van der Waals surface area contributed by atoms with Gasteiger partial charge in [0.15, 0.2) is 11.5 Å². The smallest absolute Gasteiger partial charge is 0.231 e. The fourth-order valence-electron chi connectivity index (χ4n) is 3.89. The van der Waals surface area contributed by atoms with Crippen LogP contribution in [0.3, 0.4) is 0 Å². The first-order valence-electron chi connectivity index (χ1n) is 8.96. The van der Waals surface area contributed by atoms with Gasteiger partial charge in [0.1, 0.15) is 5.15 Å². The second kappa shape index (κ2) is 6.55. The third kappa shape index (κ3) is 2.95. The van der Waals surface area contributed by atoms with Crippen LogP contribution < -0.4 is 9.47 Å². The standard InChI is InChI=1S/C20H19ClN4O2/c1-12-6-16-17(27-11-26-16)7-14(12)9-25-5-4-15-19(24-10-23-15)20(25)13-2-3-18(21)22-8-13/h2-3,6-8,10,20H,4-5,9,11H2,1H3,(H,23,24)/t20-/m0/s1. The van der Waals surface area contributed by atoms with E-state index in [-0.39, 0.29) is 12.8 Å². The van der Waals surface area contributed by atoms with E-state index >= 15 is 0 Å². The zero-order valence-electron chi connectivity index (χ0n) is 14.9. The molecule has 6 nitrogen and oxygen atoms in total. The minimum atomic E-state index is 0.0367. The van der Waals surface area contributed by atoms with E-state index in [0.717, 1.165) is 42.3 Å². The Hall–Kier alpha value is -2.57. The predicted octanol–water partition coefficient (Wildman–Crippen LogP) is 3.64. The van der Waals surface area contributed by atoms with Crippen molar-refractivity contribution in [3.8, 4) is 11.5 Å². The van der Waals surface area contributed by atoms with Gasteiger partial charge in [-0.25, -0.2) is 9.97 Å². The van der Waals surface area contributed by atoms with Crippen molar-refractivity contribution in [2.24, 2.45) is 0 Å². The van der Waals surface area contributed by atoms with Crippen LogP contribution in [0.2, 0.25) is 5.15 Å². The van der Waals surface area contributed by atoms with Gasteiger partial charge in [-0.1, -0.05) is 17.7 Å². The van der Waals surface area contributed by atoms with Crippen LogP contribution in [0.5, 0.6) is 11.5 Å². The van der Waals surface area contributed by atoms with Crippen LogP contribution in [-0.2, 0) is 13.0 Å². The normalized spacial score (nSPS) is 18.5. The number of hydrogen-bond acceptors (Lipinski definition) is 5. The molecule has 1 aromatic carbocycles. The van der Waals surface area contributed by atoms with Crippen LogP contribution in [0, 0.1) is 6.92 Å². The topological polar surface area (TPSA) is 63.3 Å².